The molecule has 2 aliphatic rings. The van der Waals surface area contributed by atoms with E-state index < -0.39 is 57.3 Å². The van der Waals surface area contributed by atoms with Crippen LogP contribution in [0.1, 0.15) is 52.7 Å². The minimum absolute atomic E-state index is 0.0782. The van der Waals surface area contributed by atoms with Crippen LogP contribution in [0.2, 0.25) is 5.02 Å². The normalized spacial score (nSPS) is 17.4. The van der Waals surface area contributed by atoms with E-state index >= 15 is 0 Å². The van der Waals surface area contributed by atoms with E-state index in [0.29, 0.717) is 13.1 Å². The monoisotopic (exact) mass is 496 g/mol. The third-order valence-electron chi connectivity index (χ3n) is 5.60. The second-order valence-corrected chi connectivity index (χ2v) is 8.16. The SMILES string of the molecule is C[C@@H]1N=C(c2c(F)cccc2F)c2c(cnc(C(F)(F)F)c2Cl)-n2nc(C(=O)N3CCC3)nc21. The van der Waals surface area contributed by atoms with Gasteiger partial charge < -0.3 is 4.90 Å². The highest BCUT2D eigenvalue weighted by Gasteiger charge is 2.40. The minimum atomic E-state index is -4.95. The van der Waals surface area contributed by atoms with E-state index in [1.807, 2.05) is 0 Å². The molecule has 4 heterocycles. The van der Waals surface area contributed by atoms with Crippen molar-refractivity contribution in [3.05, 3.63) is 69.5 Å². The van der Waals surface area contributed by atoms with Crippen LogP contribution in [0.3, 0.4) is 0 Å². The smallest absolute Gasteiger partial charge is 0.336 e. The molecule has 0 radical (unpaired) electrons. The maximum absolute atomic E-state index is 14.7. The van der Waals surface area contributed by atoms with Crippen LogP contribution in [0.5, 0.6) is 0 Å². The number of fused-ring (bicyclic) bond motifs is 3. The molecule has 1 atom stereocenters. The van der Waals surface area contributed by atoms with Crippen molar-refractivity contribution >= 4 is 23.2 Å². The first-order chi connectivity index (χ1) is 16.1. The van der Waals surface area contributed by atoms with Crippen LogP contribution < -0.4 is 0 Å². The lowest BCUT2D eigenvalue weighted by Gasteiger charge is -2.29. The fourth-order valence-electron chi connectivity index (χ4n) is 3.81. The standard InChI is InChI=1S/C21H14ClF5N6O/c1-9-19-30-18(20(34)32-6-3-7-32)31-33(19)12-8-28-17(21(25,26)27)15(22)14(12)16(29-9)13-10(23)4-2-5-11(13)24/h2,4-5,8-9H,3,6-7H2,1H3/t9-/m0/s1. The number of carbonyl (C=O) groups is 1. The fraction of sp³-hybridized carbons (Fsp3) is 0.286. The minimum Gasteiger partial charge on any atom is -0.336 e. The number of aliphatic imine (C=N–C) groups is 1. The number of pyridine rings is 1. The van der Waals surface area contributed by atoms with Gasteiger partial charge in [-0.1, -0.05) is 17.7 Å². The summed E-state index contributed by atoms with van der Waals surface area (Å²) >= 11 is 6.15. The van der Waals surface area contributed by atoms with Crippen molar-refractivity contribution < 1.29 is 26.7 Å². The predicted octanol–water partition coefficient (Wildman–Crippen LogP) is 4.37. The van der Waals surface area contributed by atoms with Gasteiger partial charge in [-0.25, -0.2) is 23.4 Å². The number of hydrogen-bond donors (Lipinski definition) is 0. The van der Waals surface area contributed by atoms with Gasteiger partial charge in [-0.05, 0) is 25.5 Å². The number of amides is 1. The van der Waals surface area contributed by atoms with Crippen molar-refractivity contribution in [2.45, 2.75) is 25.6 Å². The molecule has 0 spiro atoms. The molecular weight excluding hydrogens is 483 g/mol. The average molecular weight is 497 g/mol. The fourth-order valence-corrected chi connectivity index (χ4v) is 4.16. The van der Waals surface area contributed by atoms with E-state index in [1.54, 1.807) is 0 Å². The summed E-state index contributed by atoms with van der Waals surface area (Å²) in [5.41, 5.74) is -3.12. The lowest BCUT2D eigenvalue weighted by atomic mass is 9.99. The maximum atomic E-state index is 14.7. The molecule has 2 aliphatic heterocycles. The third kappa shape index (κ3) is 3.44. The predicted molar refractivity (Wildman–Crippen MR) is 110 cm³/mol. The van der Waals surface area contributed by atoms with Gasteiger partial charge in [-0.15, -0.1) is 5.10 Å². The zero-order valence-electron chi connectivity index (χ0n) is 17.4. The summed E-state index contributed by atoms with van der Waals surface area (Å²) in [4.78, 5) is 26.1. The first kappa shape index (κ1) is 22.4. The second kappa shape index (κ2) is 7.83. The number of halogens is 6. The summed E-state index contributed by atoms with van der Waals surface area (Å²) in [6.07, 6.45) is -3.29. The van der Waals surface area contributed by atoms with Gasteiger partial charge in [0.25, 0.3) is 5.91 Å². The first-order valence-electron chi connectivity index (χ1n) is 10.1. The van der Waals surface area contributed by atoms with Gasteiger partial charge in [-0.2, -0.15) is 13.2 Å². The Morgan fingerprint density at radius 3 is 2.41 bits per heavy atom. The van der Waals surface area contributed by atoms with Gasteiger partial charge in [0.2, 0.25) is 5.82 Å². The van der Waals surface area contributed by atoms with E-state index in [1.165, 1.54) is 11.8 Å². The summed E-state index contributed by atoms with van der Waals surface area (Å²) in [5, 5.41) is 3.28. The van der Waals surface area contributed by atoms with Crippen molar-refractivity contribution in [1.82, 2.24) is 24.6 Å². The molecule has 3 aromatic rings. The van der Waals surface area contributed by atoms with Crippen molar-refractivity contribution in [2.24, 2.45) is 4.99 Å². The van der Waals surface area contributed by atoms with Gasteiger partial charge >= 0.3 is 6.18 Å². The molecule has 176 valence electrons. The summed E-state index contributed by atoms with van der Waals surface area (Å²) in [6.45, 7) is 2.58. The lowest BCUT2D eigenvalue weighted by molar-refractivity contribution is -0.141. The maximum Gasteiger partial charge on any atom is 0.434 e. The highest BCUT2D eigenvalue weighted by molar-refractivity contribution is 6.37. The van der Waals surface area contributed by atoms with E-state index in [-0.39, 0.29) is 17.3 Å². The quantitative estimate of drug-likeness (QED) is 0.494. The number of alkyl halides is 3. The van der Waals surface area contributed by atoms with Crippen LogP contribution >= 0.6 is 11.6 Å². The molecule has 0 bridgehead atoms. The Morgan fingerprint density at radius 1 is 1.15 bits per heavy atom. The second-order valence-electron chi connectivity index (χ2n) is 7.78. The van der Waals surface area contributed by atoms with Crippen LogP contribution in [0.25, 0.3) is 5.69 Å². The molecule has 0 aliphatic carbocycles. The molecule has 5 rings (SSSR count). The summed E-state index contributed by atoms with van der Waals surface area (Å²) in [7, 11) is 0. The van der Waals surface area contributed by atoms with E-state index in [0.717, 1.165) is 35.5 Å². The van der Waals surface area contributed by atoms with E-state index in [2.05, 4.69) is 20.1 Å². The lowest BCUT2D eigenvalue weighted by Crippen LogP contribution is -2.42. The Labute approximate surface area is 193 Å². The van der Waals surface area contributed by atoms with E-state index in [4.69, 9.17) is 11.6 Å². The highest BCUT2D eigenvalue weighted by atomic mass is 35.5. The average Bonchev–Trinajstić information content (AvgIpc) is 3.11. The molecule has 0 unspecified atom stereocenters. The molecular formula is C21H14ClF5N6O. The van der Waals surface area contributed by atoms with Gasteiger partial charge in [0, 0.05) is 18.7 Å². The zero-order chi connectivity index (χ0) is 24.4. The largest absolute Gasteiger partial charge is 0.434 e. The number of likely N-dealkylation sites (tertiary alicyclic amines) is 1. The van der Waals surface area contributed by atoms with Crippen LogP contribution in [0.15, 0.2) is 29.4 Å². The molecule has 13 heteroatoms. The van der Waals surface area contributed by atoms with Crippen molar-refractivity contribution in [3.8, 4) is 5.69 Å². The Kier molecular flexibility index (Phi) is 5.15. The molecule has 34 heavy (non-hydrogen) atoms. The van der Waals surface area contributed by atoms with Gasteiger partial charge in [-0.3, -0.25) is 9.79 Å². The van der Waals surface area contributed by atoms with Crippen LogP contribution in [-0.4, -0.2) is 49.4 Å². The van der Waals surface area contributed by atoms with E-state index in [9.17, 15) is 26.7 Å². The molecule has 1 aromatic carbocycles. The Hall–Kier alpha value is -3.41. The number of hydrogen-bond acceptors (Lipinski definition) is 5. The number of rotatable bonds is 2. The highest BCUT2D eigenvalue weighted by Crippen LogP contribution is 2.40. The molecule has 2 aromatic heterocycles. The number of aromatic nitrogens is 4. The topological polar surface area (TPSA) is 76.3 Å². The van der Waals surface area contributed by atoms with Gasteiger partial charge in [0.1, 0.15) is 17.7 Å². The summed E-state index contributed by atoms with van der Waals surface area (Å²) in [5.74, 6) is -2.64. The van der Waals surface area contributed by atoms with Crippen LogP contribution in [0.4, 0.5) is 22.0 Å². The van der Waals surface area contributed by atoms with Crippen molar-refractivity contribution in [1.29, 1.82) is 0 Å². The molecule has 7 nitrogen and oxygen atoms in total. The molecule has 0 saturated carbocycles. The zero-order valence-corrected chi connectivity index (χ0v) is 18.1. The van der Waals surface area contributed by atoms with Gasteiger partial charge in [0.15, 0.2) is 11.5 Å². The van der Waals surface area contributed by atoms with Crippen LogP contribution in [0, 0.1) is 11.6 Å². The molecule has 1 amide bonds. The molecule has 1 fully saturated rings. The number of benzene rings is 1. The number of carbonyl (C=O) groups excluding carboxylic acids is 1. The summed E-state index contributed by atoms with van der Waals surface area (Å²) in [6, 6.07) is 2.08. The first-order valence-corrected chi connectivity index (χ1v) is 10.5. The van der Waals surface area contributed by atoms with Crippen molar-refractivity contribution in [2.75, 3.05) is 13.1 Å². The van der Waals surface area contributed by atoms with Gasteiger partial charge in [0.05, 0.1) is 28.2 Å². The third-order valence-corrected chi connectivity index (χ3v) is 5.96. The molecule has 0 N–H and O–H groups in total. The molecule has 1 saturated heterocycles. The Morgan fingerprint density at radius 2 is 1.82 bits per heavy atom. The number of nitrogens with zero attached hydrogens (tertiary/aromatic N) is 6. The summed E-state index contributed by atoms with van der Waals surface area (Å²) < 4.78 is 71.4. The van der Waals surface area contributed by atoms with Crippen molar-refractivity contribution in [3.63, 3.8) is 0 Å². The Bertz CT molecular complexity index is 1340. The Balaban J connectivity index is 1.80. The van der Waals surface area contributed by atoms with Crippen LogP contribution in [-0.2, 0) is 6.18 Å².